The van der Waals surface area contributed by atoms with Crippen molar-refractivity contribution in [3.8, 4) is 0 Å². The summed E-state index contributed by atoms with van der Waals surface area (Å²) in [7, 11) is 0. The molecule has 0 aromatic rings. The van der Waals surface area contributed by atoms with Crippen molar-refractivity contribution >= 4 is 12.6 Å². The van der Waals surface area contributed by atoms with Gasteiger partial charge in [0.05, 0.1) is 0 Å². The maximum Gasteiger partial charge on any atom is 0.00460 e. The van der Waals surface area contributed by atoms with Gasteiger partial charge in [-0.3, -0.25) is 0 Å². The summed E-state index contributed by atoms with van der Waals surface area (Å²) in [6.07, 6.45) is 8.46. The zero-order chi connectivity index (χ0) is 11.6. The Morgan fingerprint density at radius 2 is 1.75 bits per heavy atom. The number of likely N-dealkylation sites (tertiary alicyclic amines) is 1. The zero-order valence-electron chi connectivity index (χ0n) is 11.0. The van der Waals surface area contributed by atoms with Crippen molar-refractivity contribution in [3.05, 3.63) is 0 Å². The minimum Gasteiger partial charge on any atom is -0.302 e. The van der Waals surface area contributed by atoms with Crippen molar-refractivity contribution in [1.82, 2.24) is 4.90 Å². The van der Waals surface area contributed by atoms with Crippen LogP contribution in [0, 0.1) is 10.8 Å². The first-order valence-electron chi connectivity index (χ1n) is 6.89. The molecular formula is C14H27NS. The van der Waals surface area contributed by atoms with Crippen molar-refractivity contribution in [2.75, 3.05) is 25.4 Å². The lowest BCUT2D eigenvalue weighted by atomic mass is 9.81. The molecule has 1 aliphatic heterocycles. The second-order valence-electron chi connectivity index (χ2n) is 6.84. The molecule has 0 bridgehead atoms. The fourth-order valence-corrected chi connectivity index (χ4v) is 4.06. The molecule has 0 atom stereocenters. The molecule has 0 aromatic carbocycles. The normalized spacial score (nSPS) is 29.4. The van der Waals surface area contributed by atoms with Crippen LogP contribution in [0.4, 0.5) is 0 Å². The molecule has 0 N–H and O–H groups in total. The highest BCUT2D eigenvalue weighted by Crippen LogP contribution is 2.41. The molecule has 1 saturated carbocycles. The number of piperidine rings is 1. The van der Waals surface area contributed by atoms with Gasteiger partial charge in [0.15, 0.2) is 0 Å². The average Bonchev–Trinajstić information content (AvgIpc) is 2.65. The van der Waals surface area contributed by atoms with Crippen LogP contribution < -0.4 is 0 Å². The maximum absolute atomic E-state index is 4.62. The molecule has 0 aromatic heterocycles. The lowest BCUT2D eigenvalue weighted by Gasteiger charge is -2.42. The fraction of sp³-hybridized carbons (Fsp3) is 1.00. The zero-order valence-corrected chi connectivity index (χ0v) is 11.9. The molecule has 2 aliphatic rings. The molecule has 1 nitrogen and oxygen atoms in total. The van der Waals surface area contributed by atoms with Crippen LogP contribution in [0.25, 0.3) is 0 Å². The molecule has 1 heterocycles. The van der Waals surface area contributed by atoms with Crippen molar-refractivity contribution < 1.29 is 0 Å². The Hall–Kier alpha value is 0.310. The first-order valence-corrected chi connectivity index (χ1v) is 7.52. The molecule has 0 spiro atoms. The van der Waals surface area contributed by atoms with Crippen molar-refractivity contribution in [3.63, 3.8) is 0 Å². The molecule has 16 heavy (non-hydrogen) atoms. The van der Waals surface area contributed by atoms with Crippen LogP contribution in [0.5, 0.6) is 0 Å². The lowest BCUT2D eigenvalue weighted by molar-refractivity contribution is 0.0787. The van der Waals surface area contributed by atoms with Crippen LogP contribution in [0.1, 0.15) is 52.4 Å². The number of hydrogen-bond donors (Lipinski definition) is 1. The third-order valence-corrected chi connectivity index (χ3v) is 5.21. The van der Waals surface area contributed by atoms with Crippen LogP contribution in [0.15, 0.2) is 0 Å². The Morgan fingerprint density at radius 1 is 1.06 bits per heavy atom. The molecule has 0 unspecified atom stereocenters. The topological polar surface area (TPSA) is 3.24 Å². The van der Waals surface area contributed by atoms with Gasteiger partial charge in [0.2, 0.25) is 0 Å². The molecule has 94 valence electrons. The van der Waals surface area contributed by atoms with Gasteiger partial charge in [-0.1, -0.05) is 26.7 Å². The monoisotopic (exact) mass is 241 g/mol. The van der Waals surface area contributed by atoms with Crippen LogP contribution in [-0.4, -0.2) is 30.3 Å². The number of thiol groups is 1. The van der Waals surface area contributed by atoms with Gasteiger partial charge in [-0.25, -0.2) is 0 Å². The summed E-state index contributed by atoms with van der Waals surface area (Å²) in [6.45, 7) is 8.75. The van der Waals surface area contributed by atoms with Gasteiger partial charge < -0.3 is 4.90 Å². The van der Waals surface area contributed by atoms with Gasteiger partial charge in [-0.05, 0) is 48.8 Å². The van der Waals surface area contributed by atoms with Crippen LogP contribution in [0.3, 0.4) is 0 Å². The summed E-state index contributed by atoms with van der Waals surface area (Å²) in [4.78, 5) is 2.71. The highest BCUT2D eigenvalue weighted by Gasteiger charge is 2.36. The molecule has 0 radical (unpaired) electrons. The van der Waals surface area contributed by atoms with Gasteiger partial charge >= 0.3 is 0 Å². The van der Waals surface area contributed by atoms with E-state index in [-0.39, 0.29) is 0 Å². The van der Waals surface area contributed by atoms with E-state index in [9.17, 15) is 0 Å². The Balaban J connectivity index is 1.93. The van der Waals surface area contributed by atoms with Crippen molar-refractivity contribution in [1.29, 1.82) is 0 Å². The highest BCUT2D eigenvalue weighted by molar-refractivity contribution is 7.80. The largest absolute Gasteiger partial charge is 0.302 e. The van der Waals surface area contributed by atoms with E-state index in [2.05, 4.69) is 31.4 Å². The Kier molecular flexibility index (Phi) is 3.90. The molecule has 0 amide bonds. The molecule has 1 aliphatic carbocycles. The molecular weight excluding hydrogens is 214 g/mol. The smallest absolute Gasteiger partial charge is 0.00460 e. The summed E-state index contributed by atoms with van der Waals surface area (Å²) in [6, 6.07) is 0. The molecule has 2 fully saturated rings. The quantitative estimate of drug-likeness (QED) is 0.739. The van der Waals surface area contributed by atoms with E-state index in [1.54, 1.807) is 0 Å². The van der Waals surface area contributed by atoms with E-state index in [0.29, 0.717) is 10.8 Å². The highest BCUT2D eigenvalue weighted by atomic mass is 32.1. The second kappa shape index (κ2) is 4.89. The Labute approximate surface area is 106 Å². The molecule has 1 saturated heterocycles. The van der Waals surface area contributed by atoms with Crippen molar-refractivity contribution in [2.45, 2.75) is 52.4 Å². The third-order valence-electron chi connectivity index (χ3n) is 4.54. The number of hydrogen-bond acceptors (Lipinski definition) is 2. The molecule has 2 rings (SSSR count). The maximum atomic E-state index is 4.62. The third kappa shape index (κ3) is 2.95. The first-order chi connectivity index (χ1) is 7.55. The van der Waals surface area contributed by atoms with E-state index in [1.807, 2.05) is 0 Å². The minimum atomic E-state index is 0.536. The minimum absolute atomic E-state index is 0.536. The SMILES string of the molecule is CC1(C)CCCN(CC2(CS)CCCC2)C1. The van der Waals surface area contributed by atoms with E-state index >= 15 is 0 Å². The first kappa shape index (κ1) is 12.8. The Morgan fingerprint density at radius 3 is 2.31 bits per heavy atom. The summed E-state index contributed by atoms with van der Waals surface area (Å²) >= 11 is 4.62. The van der Waals surface area contributed by atoms with E-state index in [4.69, 9.17) is 0 Å². The van der Waals surface area contributed by atoms with Crippen LogP contribution in [0.2, 0.25) is 0 Å². The van der Waals surface area contributed by atoms with E-state index in [1.165, 1.54) is 58.2 Å². The van der Waals surface area contributed by atoms with Crippen LogP contribution in [-0.2, 0) is 0 Å². The van der Waals surface area contributed by atoms with Gasteiger partial charge in [0.1, 0.15) is 0 Å². The summed E-state index contributed by atoms with van der Waals surface area (Å²) in [5, 5.41) is 0. The molecule has 2 heteroatoms. The standard InChI is InChI=1S/C14H27NS/c1-13(2)6-5-9-15(10-13)11-14(12-16)7-3-4-8-14/h16H,3-12H2,1-2H3. The average molecular weight is 241 g/mol. The predicted octanol–water partition coefficient (Wildman–Crippen LogP) is 3.60. The lowest BCUT2D eigenvalue weighted by Crippen LogP contribution is -2.45. The van der Waals surface area contributed by atoms with Gasteiger partial charge in [0.25, 0.3) is 0 Å². The van der Waals surface area contributed by atoms with E-state index in [0.717, 1.165) is 5.75 Å². The predicted molar refractivity (Wildman–Crippen MR) is 74.2 cm³/mol. The number of rotatable bonds is 3. The van der Waals surface area contributed by atoms with Gasteiger partial charge in [0, 0.05) is 13.1 Å². The summed E-state index contributed by atoms with van der Waals surface area (Å²) in [5.74, 6) is 1.09. The Bertz CT molecular complexity index is 231. The van der Waals surface area contributed by atoms with Gasteiger partial charge in [-0.15, -0.1) is 0 Å². The summed E-state index contributed by atoms with van der Waals surface area (Å²) in [5.41, 5.74) is 1.09. The second-order valence-corrected chi connectivity index (χ2v) is 7.16. The fourth-order valence-electron chi connectivity index (χ4n) is 3.65. The van der Waals surface area contributed by atoms with Gasteiger partial charge in [-0.2, -0.15) is 12.6 Å². The van der Waals surface area contributed by atoms with Crippen molar-refractivity contribution in [2.24, 2.45) is 10.8 Å². The van der Waals surface area contributed by atoms with E-state index < -0.39 is 0 Å². The summed E-state index contributed by atoms with van der Waals surface area (Å²) < 4.78 is 0. The van der Waals surface area contributed by atoms with Crippen LogP contribution >= 0.6 is 12.6 Å². The number of nitrogens with zero attached hydrogens (tertiary/aromatic N) is 1.